The lowest BCUT2D eigenvalue weighted by atomic mass is 9.77. The van der Waals surface area contributed by atoms with Gasteiger partial charge in [-0.15, -0.1) is 6.58 Å². The number of benzene rings is 2. The molecule has 5 amide bonds. The summed E-state index contributed by atoms with van der Waals surface area (Å²) in [6, 6.07) is 15.0. The highest BCUT2D eigenvalue weighted by molar-refractivity contribution is 7.70. The van der Waals surface area contributed by atoms with Crippen molar-refractivity contribution in [1.29, 1.82) is 0 Å². The van der Waals surface area contributed by atoms with Gasteiger partial charge in [0.2, 0.25) is 28.6 Å². The summed E-state index contributed by atoms with van der Waals surface area (Å²) < 4.78 is 43.5. The molecular formula is C48H62N6O10S. The molecular weight excluding hydrogens is 853 g/mol. The second kappa shape index (κ2) is 18.3. The van der Waals surface area contributed by atoms with Crippen LogP contribution in [0.3, 0.4) is 0 Å². The number of aromatic nitrogens is 1. The minimum absolute atomic E-state index is 0.0268. The molecule has 2 saturated heterocycles. The smallest absolute Gasteiger partial charge is 0.410 e. The van der Waals surface area contributed by atoms with Crippen LogP contribution < -0.4 is 14.8 Å². The van der Waals surface area contributed by atoms with Crippen LogP contribution in [0.2, 0.25) is 0 Å². The molecule has 6 atom stereocenters. The van der Waals surface area contributed by atoms with Crippen molar-refractivity contribution in [3.63, 3.8) is 0 Å². The van der Waals surface area contributed by atoms with Crippen LogP contribution in [0, 0.1) is 17.3 Å². The molecule has 2 saturated carbocycles. The lowest BCUT2D eigenvalue weighted by Crippen LogP contribution is -2.57. The van der Waals surface area contributed by atoms with Gasteiger partial charge in [-0.3, -0.25) is 19.2 Å². The first kappa shape index (κ1) is 47.3. The van der Waals surface area contributed by atoms with Gasteiger partial charge < -0.3 is 34.2 Å². The second-order valence-corrected chi connectivity index (χ2v) is 20.8. The van der Waals surface area contributed by atoms with E-state index in [2.05, 4.69) is 11.9 Å². The Kier molecular flexibility index (Phi) is 13.3. The third-order valence-electron chi connectivity index (χ3n) is 13.0. The lowest BCUT2D eigenvalue weighted by molar-refractivity contribution is -0.148. The number of ether oxygens (including phenoxy) is 3. The van der Waals surface area contributed by atoms with Crippen molar-refractivity contribution in [2.75, 3.05) is 33.8 Å². The predicted octanol–water partition coefficient (Wildman–Crippen LogP) is 5.36. The fourth-order valence-corrected chi connectivity index (χ4v) is 9.79. The van der Waals surface area contributed by atoms with Crippen molar-refractivity contribution in [3.8, 4) is 22.8 Å². The number of hydrogen-bond donors (Lipinski definition) is 2. The Morgan fingerprint density at radius 1 is 0.985 bits per heavy atom. The van der Waals surface area contributed by atoms with Crippen molar-refractivity contribution in [2.24, 2.45) is 17.3 Å². The molecule has 2 aromatic carbocycles. The van der Waals surface area contributed by atoms with Crippen molar-refractivity contribution in [2.45, 2.75) is 115 Å². The Morgan fingerprint density at radius 3 is 2.29 bits per heavy atom. The van der Waals surface area contributed by atoms with Gasteiger partial charge in [0.15, 0.2) is 0 Å². The third-order valence-corrected chi connectivity index (χ3v) is 13.8. The quantitative estimate of drug-likeness (QED) is 0.157. The van der Waals surface area contributed by atoms with Gasteiger partial charge in [-0.1, -0.05) is 57.2 Å². The van der Waals surface area contributed by atoms with Gasteiger partial charge in [0, 0.05) is 68.0 Å². The van der Waals surface area contributed by atoms with E-state index < -0.39 is 81.3 Å². The van der Waals surface area contributed by atoms with Crippen LogP contribution in [0.1, 0.15) is 80.1 Å². The van der Waals surface area contributed by atoms with Crippen LogP contribution in [0.25, 0.3) is 22.2 Å². The molecule has 16 nitrogen and oxygen atoms in total. The summed E-state index contributed by atoms with van der Waals surface area (Å²) in [6.45, 7) is 15.5. The highest BCUT2D eigenvalue weighted by atomic mass is 32.2. The summed E-state index contributed by atoms with van der Waals surface area (Å²) in [5.41, 5.74) is -0.900. The maximum absolute atomic E-state index is 15.2. The van der Waals surface area contributed by atoms with Crippen molar-refractivity contribution >= 4 is 51.5 Å². The van der Waals surface area contributed by atoms with E-state index in [0.29, 0.717) is 53.9 Å². The molecule has 0 radical (unpaired) electrons. The van der Waals surface area contributed by atoms with Gasteiger partial charge in [0.1, 0.15) is 34.8 Å². The highest BCUT2D eigenvalue weighted by Gasteiger charge is 2.63. The Bertz CT molecular complexity index is 2420. The molecule has 2 aliphatic heterocycles. The molecule has 7 rings (SSSR count). The van der Waals surface area contributed by atoms with E-state index in [4.69, 9.17) is 19.2 Å². The van der Waals surface area contributed by atoms with Gasteiger partial charge in [-0.2, -0.15) is 0 Å². The van der Waals surface area contributed by atoms with Crippen molar-refractivity contribution in [3.05, 3.63) is 67.3 Å². The van der Waals surface area contributed by atoms with Crippen LogP contribution in [0.5, 0.6) is 11.5 Å². The van der Waals surface area contributed by atoms with Crippen LogP contribution in [-0.4, -0.2) is 131 Å². The van der Waals surface area contributed by atoms with Gasteiger partial charge >= 0.3 is 6.09 Å². The first-order valence-electron chi connectivity index (χ1n) is 22.3. The van der Waals surface area contributed by atoms with E-state index in [1.807, 2.05) is 63.2 Å². The fourth-order valence-electron chi connectivity index (χ4n) is 8.96. The Hall–Kier alpha value is -5.71. The minimum Gasteiger partial charge on any atom is -0.497 e. The summed E-state index contributed by atoms with van der Waals surface area (Å²) >= 11 is 0. The first-order valence-corrected chi connectivity index (χ1v) is 23.4. The summed E-state index contributed by atoms with van der Waals surface area (Å²) in [6.07, 6.45) is 1.95. The standard InChI is InChI=1S/C48H62N6O10S/c1-10-30-26-48(30,44(58)54(65(60)61)31-16-17-31)50-42(56)39-23-34(63-40-25-37(29-14-12-11-13-15-29)49-38-22-33(62-9)18-19-35(38)40)28-53(39)43(57)36(46(2,3)4)24-41(55)52-21-20-32(27-52)51(8)45(59)64-47(5,6)7/h10-15,18-19,22,25,30-32,34,36,39,65H,1,16-17,20-21,23-24,26-28H2,2-9H3,(H,50,56)/t30-,32?,34-,36-,39+,48-/m1/s1. The van der Waals surface area contributed by atoms with Gasteiger partial charge in [-0.05, 0) is 64.0 Å². The van der Waals surface area contributed by atoms with E-state index in [9.17, 15) is 27.6 Å². The Morgan fingerprint density at radius 2 is 1.69 bits per heavy atom. The molecule has 1 aromatic heterocycles. The average molecular weight is 915 g/mol. The normalized spacial score (nSPS) is 23.5. The largest absolute Gasteiger partial charge is 0.497 e. The number of fused-ring (bicyclic) bond motifs is 1. The number of thiol groups is 1. The van der Waals surface area contributed by atoms with Crippen molar-refractivity contribution in [1.82, 2.24) is 29.3 Å². The molecule has 1 N–H and O–H groups in total. The number of nitrogens with one attached hydrogen (secondary N) is 1. The zero-order chi connectivity index (χ0) is 47.2. The van der Waals surface area contributed by atoms with Gasteiger partial charge in [-0.25, -0.2) is 22.5 Å². The second-order valence-electron chi connectivity index (χ2n) is 19.9. The fraction of sp³-hybridized carbons (Fsp3) is 0.542. The van der Waals surface area contributed by atoms with Crippen molar-refractivity contribution < 1.29 is 46.6 Å². The number of hydrogen-bond acceptors (Lipinski definition) is 11. The summed E-state index contributed by atoms with van der Waals surface area (Å²) in [5, 5.41) is 3.59. The van der Waals surface area contributed by atoms with Crippen LogP contribution >= 0.6 is 0 Å². The summed E-state index contributed by atoms with van der Waals surface area (Å²) in [4.78, 5) is 80.5. The molecule has 4 aliphatic rings. The molecule has 3 aromatic rings. The molecule has 3 heterocycles. The molecule has 350 valence electrons. The molecule has 1 unspecified atom stereocenters. The minimum atomic E-state index is -3.27. The van der Waals surface area contributed by atoms with E-state index >= 15 is 4.79 Å². The molecule has 2 aliphatic carbocycles. The topological polar surface area (TPSA) is 185 Å². The SMILES string of the molecule is C=C[C@@H]1C[C@]1(NC(=O)[C@@H]1C[C@@H](Oc2cc(-c3ccccc3)nc3cc(OC)ccc23)CN1C(=O)[C@@H](CC(=O)N1CCC(N(C)C(=O)OC(C)(C)C)C1)C(C)(C)C)C(=O)N(C1CC1)[SH](=O)=O. The van der Waals surface area contributed by atoms with E-state index in [1.54, 1.807) is 52.0 Å². The summed E-state index contributed by atoms with van der Waals surface area (Å²) in [5.74, 6) is -2.41. The number of likely N-dealkylation sites (N-methyl/N-ethyl adjacent to an activating group) is 1. The number of carbonyl (C=O) groups is 5. The monoisotopic (exact) mass is 914 g/mol. The molecule has 65 heavy (non-hydrogen) atoms. The number of likely N-dealkylation sites (tertiary alicyclic amines) is 2. The third kappa shape index (κ3) is 10.2. The molecule has 0 bridgehead atoms. The molecule has 4 fully saturated rings. The van der Waals surface area contributed by atoms with Crippen LogP contribution in [0.4, 0.5) is 4.79 Å². The van der Waals surface area contributed by atoms with Crippen LogP contribution in [0.15, 0.2) is 67.3 Å². The first-order chi connectivity index (χ1) is 30.6. The number of pyridine rings is 1. The summed E-state index contributed by atoms with van der Waals surface area (Å²) in [7, 11) is -0.0439. The van der Waals surface area contributed by atoms with Gasteiger partial charge in [0.25, 0.3) is 5.91 Å². The number of nitrogens with zero attached hydrogens (tertiary/aromatic N) is 5. The average Bonchev–Trinajstić information content (AvgIpc) is 4.11. The van der Waals surface area contributed by atoms with Gasteiger partial charge in [0.05, 0.1) is 36.8 Å². The number of rotatable bonds is 14. The lowest BCUT2D eigenvalue weighted by Gasteiger charge is -2.36. The molecule has 0 spiro atoms. The number of carbonyl (C=O) groups excluding carboxylic acids is 5. The van der Waals surface area contributed by atoms with E-state index in [0.717, 1.165) is 9.87 Å². The predicted molar refractivity (Wildman–Crippen MR) is 244 cm³/mol. The maximum atomic E-state index is 15.2. The number of amides is 5. The van der Waals surface area contributed by atoms with Crippen LogP contribution in [-0.2, 0) is 34.8 Å². The Labute approximate surface area is 382 Å². The molecule has 17 heteroatoms. The zero-order valence-electron chi connectivity index (χ0n) is 38.6. The highest BCUT2D eigenvalue weighted by Crippen LogP contribution is 2.48. The number of methoxy groups -OCH3 is 1. The zero-order valence-corrected chi connectivity index (χ0v) is 39.5. The van der Waals surface area contributed by atoms with E-state index in [1.165, 1.54) is 15.9 Å². The van der Waals surface area contributed by atoms with E-state index in [-0.39, 0.29) is 44.3 Å². The maximum Gasteiger partial charge on any atom is 0.410 e. The Balaban J connectivity index is 1.19.